The lowest BCUT2D eigenvalue weighted by atomic mass is 9.89. The molecule has 5 rings (SSSR count). The van der Waals surface area contributed by atoms with E-state index in [-0.39, 0.29) is 25.1 Å². The van der Waals surface area contributed by atoms with Crippen LogP contribution in [-0.2, 0) is 13.6 Å². The molecular formula is C29H33F6N7. The Hall–Kier alpha value is -3.64. The number of benzene rings is 1. The Morgan fingerprint density at radius 2 is 1.71 bits per heavy atom. The largest absolute Gasteiger partial charge is 0.416 e. The first-order chi connectivity index (χ1) is 19.9. The molecule has 2 heterocycles. The van der Waals surface area contributed by atoms with Gasteiger partial charge in [0.25, 0.3) is 0 Å². The SMILES string of the molecule is CCN(CC1CCCC1)c1nc2ccccc2cc1CN(CC1C=C(C(F)(F)F)C=C(C(F)(F)F)C1)c1nnnn1C. The molecule has 226 valence electrons. The van der Waals surface area contributed by atoms with Crippen molar-refractivity contribution in [3.05, 3.63) is 59.2 Å². The normalized spacial score (nSPS) is 18.3. The minimum absolute atomic E-state index is 0.138. The van der Waals surface area contributed by atoms with Crippen LogP contribution in [0.3, 0.4) is 0 Å². The number of hydrogen-bond donors (Lipinski definition) is 0. The highest BCUT2D eigenvalue weighted by Crippen LogP contribution is 2.40. The van der Waals surface area contributed by atoms with E-state index >= 15 is 0 Å². The van der Waals surface area contributed by atoms with Crippen LogP contribution in [0.1, 0.15) is 44.6 Å². The van der Waals surface area contributed by atoms with Crippen LogP contribution in [0.4, 0.5) is 38.1 Å². The summed E-state index contributed by atoms with van der Waals surface area (Å²) in [6.45, 7) is 3.54. The van der Waals surface area contributed by atoms with E-state index in [0.717, 1.165) is 47.7 Å². The Balaban J connectivity index is 1.53. The average Bonchev–Trinajstić information content (AvgIpc) is 3.61. The predicted molar refractivity (Wildman–Crippen MR) is 148 cm³/mol. The molecule has 0 amide bonds. The van der Waals surface area contributed by atoms with Gasteiger partial charge in [0.1, 0.15) is 5.82 Å². The zero-order valence-corrected chi connectivity index (χ0v) is 23.5. The molecule has 0 N–H and O–H groups in total. The van der Waals surface area contributed by atoms with Crippen LogP contribution < -0.4 is 9.80 Å². The minimum atomic E-state index is -4.91. The van der Waals surface area contributed by atoms with Gasteiger partial charge in [0.2, 0.25) is 5.95 Å². The second-order valence-electron chi connectivity index (χ2n) is 11.1. The number of fused-ring (bicyclic) bond motifs is 1. The molecule has 0 saturated heterocycles. The third-order valence-corrected chi connectivity index (χ3v) is 8.03. The molecule has 0 aliphatic heterocycles. The topological polar surface area (TPSA) is 63.0 Å². The number of allylic oxidation sites excluding steroid dienone is 3. The Bertz CT molecular complexity index is 1450. The van der Waals surface area contributed by atoms with E-state index in [1.165, 1.54) is 17.5 Å². The number of tetrazole rings is 1. The maximum absolute atomic E-state index is 13.7. The molecule has 1 fully saturated rings. The quantitative estimate of drug-likeness (QED) is 0.255. The van der Waals surface area contributed by atoms with Crippen molar-refractivity contribution in [3.63, 3.8) is 0 Å². The first kappa shape index (κ1) is 29.8. The monoisotopic (exact) mass is 593 g/mol. The molecule has 3 aromatic rings. The van der Waals surface area contributed by atoms with Crippen molar-refractivity contribution in [2.45, 2.75) is 57.9 Å². The summed E-state index contributed by atoms with van der Waals surface area (Å²) in [5, 5.41) is 12.5. The maximum Gasteiger partial charge on any atom is 0.416 e. The number of aromatic nitrogens is 5. The predicted octanol–water partition coefficient (Wildman–Crippen LogP) is 6.78. The number of hydrogen-bond acceptors (Lipinski definition) is 6. The number of pyridine rings is 1. The third kappa shape index (κ3) is 6.70. The van der Waals surface area contributed by atoms with Gasteiger partial charge in [0.15, 0.2) is 0 Å². The van der Waals surface area contributed by atoms with Gasteiger partial charge in [0, 0.05) is 49.7 Å². The molecule has 1 aromatic carbocycles. The average molecular weight is 594 g/mol. The standard InChI is InChI=1S/C29H33F6N7/c1-3-41(16-19-8-4-5-9-19)26-22(14-21-10-6-7-11-25(21)36-26)18-42(27-37-38-39-40(27)2)17-20-12-23(28(30,31)32)15-24(13-20)29(33,34)35/h6-7,10-12,14-15,19-20H,3-5,8-9,13,16-18H2,1-2H3. The number of rotatable bonds is 9. The van der Waals surface area contributed by atoms with E-state index < -0.39 is 35.8 Å². The number of para-hydroxylation sites is 1. The number of halogens is 6. The summed E-state index contributed by atoms with van der Waals surface area (Å²) in [6, 6.07) is 9.64. The van der Waals surface area contributed by atoms with E-state index in [1.54, 1.807) is 11.9 Å². The molecule has 7 nitrogen and oxygen atoms in total. The summed E-state index contributed by atoms with van der Waals surface area (Å²) in [5.74, 6) is 0.427. The molecule has 2 aromatic heterocycles. The molecular weight excluding hydrogens is 560 g/mol. The summed E-state index contributed by atoms with van der Waals surface area (Å²) >= 11 is 0. The van der Waals surface area contributed by atoms with Crippen molar-refractivity contribution < 1.29 is 26.3 Å². The number of anilines is 2. The summed E-state index contributed by atoms with van der Waals surface area (Å²) < 4.78 is 83.3. The molecule has 0 spiro atoms. The lowest BCUT2D eigenvalue weighted by molar-refractivity contribution is -0.0999. The van der Waals surface area contributed by atoms with Gasteiger partial charge in [-0.25, -0.2) is 9.67 Å². The highest BCUT2D eigenvalue weighted by molar-refractivity contribution is 5.82. The van der Waals surface area contributed by atoms with Crippen molar-refractivity contribution in [2.75, 3.05) is 29.4 Å². The molecule has 2 aliphatic carbocycles. The zero-order chi connectivity index (χ0) is 30.1. The van der Waals surface area contributed by atoms with Gasteiger partial charge >= 0.3 is 12.4 Å². The highest BCUT2D eigenvalue weighted by Gasteiger charge is 2.42. The maximum atomic E-state index is 13.7. The van der Waals surface area contributed by atoms with Gasteiger partial charge in [-0.05, 0) is 66.7 Å². The molecule has 1 unspecified atom stereocenters. The van der Waals surface area contributed by atoms with E-state index in [0.29, 0.717) is 12.5 Å². The van der Waals surface area contributed by atoms with E-state index in [2.05, 4.69) is 27.3 Å². The first-order valence-electron chi connectivity index (χ1n) is 14.1. The minimum Gasteiger partial charge on any atom is -0.356 e. The first-order valence-corrected chi connectivity index (χ1v) is 14.1. The highest BCUT2D eigenvalue weighted by atomic mass is 19.4. The van der Waals surface area contributed by atoms with Gasteiger partial charge in [0.05, 0.1) is 11.1 Å². The van der Waals surface area contributed by atoms with Crippen LogP contribution in [0.15, 0.2) is 53.6 Å². The van der Waals surface area contributed by atoms with Crippen LogP contribution in [0.25, 0.3) is 10.9 Å². The zero-order valence-electron chi connectivity index (χ0n) is 23.5. The van der Waals surface area contributed by atoms with E-state index in [1.807, 2.05) is 30.3 Å². The van der Waals surface area contributed by atoms with Gasteiger partial charge in [-0.15, -0.1) is 0 Å². The fourth-order valence-corrected chi connectivity index (χ4v) is 5.99. The van der Waals surface area contributed by atoms with Crippen LogP contribution >= 0.6 is 0 Å². The smallest absolute Gasteiger partial charge is 0.356 e. The molecule has 42 heavy (non-hydrogen) atoms. The fourth-order valence-electron chi connectivity index (χ4n) is 5.99. The Kier molecular flexibility index (Phi) is 8.47. The third-order valence-electron chi connectivity index (χ3n) is 8.03. The Morgan fingerprint density at radius 3 is 2.36 bits per heavy atom. The second-order valence-corrected chi connectivity index (χ2v) is 11.1. The van der Waals surface area contributed by atoms with Crippen LogP contribution in [-0.4, -0.2) is 57.2 Å². The van der Waals surface area contributed by atoms with Crippen molar-refractivity contribution in [3.8, 4) is 0 Å². The lowest BCUT2D eigenvalue weighted by Gasteiger charge is -2.32. The van der Waals surface area contributed by atoms with Crippen LogP contribution in [0, 0.1) is 11.8 Å². The van der Waals surface area contributed by atoms with Gasteiger partial charge in [-0.2, -0.15) is 26.3 Å². The molecule has 2 aliphatic rings. The van der Waals surface area contributed by atoms with Crippen LogP contribution in [0.2, 0.25) is 0 Å². The van der Waals surface area contributed by atoms with Crippen molar-refractivity contribution >= 4 is 22.7 Å². The van der Waals surface area contributed by atoms with Gasteiger partial charge < -0.3 is 9.80 Å². The second kappa shape index (κ2) is 11.9. The molecule has 1 saturated carbocycles. The fraction of sp³-hybridized carbons (Fsp3) is 0.517. The number of nitrogens with zero attached hydrogens (tertiary/aromatic N) is 7. The summed E-state index contributed by atoms with van der Waals surface area (Å²) in [7, 11) is 1.58. The number of aryl methyl sites for hydroxylation is 1. The van der Waals surface area contributed by atoms with Gasteiger partial charge in [-0.3, -0.25) is 0 Å². The van der Waals surface area contributed by atoms with Crippen molar-refractivity contribution in [1.82, 2.24) is 25.2 Å². The summed E-state index contributed by atoms with van der Waals surface area (Å²) in [6.07, 6.45) is -4.63. The van der Waals surface area contributed by atoms with Crippen molar-refractivity contribution in [2.24, 2.45) is 18.9 Å². The van der Waals surface area contributed by atoms with Crippen molar-refractivity contribution in [1.29, 1.82) is 0 Å². The Morgan fingerprint density at radius 1 is 0.976 bits per heavy atom. The van der Waals surface area contributed by atoms with E-state index in [4.69, 9.17) is 4.98 Å². The van der Waals surface area contributed by atoms with Gasteiger partial charge in [-0.1, -0.05) is 42.2 Å². The summed E-state index contributed by atoms with van der Waals surface area (Å²) in [4.78, 5) is 8.87. The summed E-state index contributed by atoms with van der Waals surface area (Å²) in [5.41, 5.74) is -0.916. The Labute approximate surface area is 239 Å². The lowest BCUT2D eigenvalue weighted by Crippen LogP contribution is -2.35. The van der Waals surface area contributed by atoms with E-state index in [9.17, 15) is 26.3 Å². The number of alkyl halides is 6. The molecule has 13 heteroatoms. The molecule has 1 atom stereocenters. The van der Waals surface area contributed by atoms with Crippen LogP contribution in [0.5, 0.6) is 0 Å². The molecule has 0 bridgehead atoms. The molecule has 0 radical (unpaired) electrons.